The van der Waals surface area contributed by atoms with Gasteiger partial charge in [-0.1, -0.05) is 19.1 Å². The van der Waals surface area contributed by atoms with Crippen molar-refractivity contribution in [3.63, 3.8) is 0 Å². The largest absolute Gasteiger partial charge is 0.372 e. The third kappa shape index (κ3) is 4.65. The smallest absolute Gasteiger partial charge is 0.318 e. The lowest BCUT2D eigenvalue weighted by Crippen LogP contribution is -2.52. The highest BCUT2D eigenvalue weighted by atomic mass is 32.2. The zero-order chi connectivity index (χ0) is 16.1. The van der Waals surface area contributed by atoms with Crippen LogP contribution in [0.2, 0.25) is 0 Å². The summed E-state index contributed by atoms with van der Waals surface area (Å²) < 4.78 is 5.67. The molecule has 3 unspecified atom stereocenters. The van der Waals surface area contributed by atoms with Crippen LogP contribution in [0.4, 0.5) is 4.79 Å². The number of urea groups is 1. The monoisotopic (exact) mass is 322 g/mol. The lowest BCUT2D eigenvalue weighted by atomic mass is 10.1. The molecule has 1 fully saturated rings. The van der Waals surface area contributed by atoms with E-state index in [2.05, 4.69) is 36.5 Å². The van der Waals surface area contributed by atoms with Gasteiger partial charge in [0.15, 0.2) is 0 Å². The van der Waals surface area contributed by atoms with Gasteiger partial charge in [0, 0.05) is 18.0 Å². The molecule has 22 heavy (non-hydrogen) atoms. The Balaban J connectivity index is 1.92. The number of benzene rings is 1. The molecule has 4 nitrogen and oxygen atoms in total. The minimum absolute atomic E-state index is 0.00151. The molecule has 0 saturated carbocycles. The van der Waals surface area contributed by atoms with Crippen molar-refractivity contribution >= 4 is 17.8 Å². The summed E-state index contributed by atoms with van der Waals surface area (Å²) in [4.78, 5) is 15.5. The number of amides is 2. The Kier molecular flexibility index (Phi) is 6.15. The summed E-state index contributed by atoms with van der Waals surface area (Å²) >= 11 is 1.82. The lowest BCUT2D eigenvalue weighted by Gasteiger charge is -2.35. The van der Waals surface area contributed by atoms with E-state index >= 15 is 0 Å². The molecule has 2 amide bonds. The van der Waals surface area contributed by atoms with Gasteiger partial charge in [-0.2, -0.15) is 0 Å². The summed E-state index contributed by atoms with van der Waals surface area (Å²) in [6.07, 6.45) is 0.185. The van der Waals surface area contributed by atoms with Crippen LogP contribution in [0.5, 0.6) is 0 Å². The van der Waals surface area contributed by atoms with Crippen LogP contribution < -0.4 is 5.32 Å². The summed E-state index contributed by atoms with van der Waals surface area (Å²) in [6, 6.07) is 8.40. The van der Waals surface area contributed by atoms with E-state index in [1.165, 1.54) is 4.90 Å². The van der Waals surface area contributed by atoms with Crippen LogP contribution in [0.1, 0.15) is 39.3 Å². The number of thioether (sulfide) groups is 1. The van der Waals surface area contributed by atoms with Gasteiger partial charge in [-0.3, -0.25) is 0 Å². The van der Waals surface area contributed by atoms with Crippen molar-refractivity contribution in [2.24, 2.45) is 0 Å². The number of nitrogens with one attached hydrogen (secondary N) is 1. The average Bonchev–Trinajstić information content (AvgIpc) is 2.47. The van der Waals surface area contributed by atoms with Gasteiger partial charge < -0.3 is 15.0 Å². The maximum Gasteiger partial charge on any atom is 0.318 e. The molecule has 0 spiro atoms. The Bertz CT molecular complexity index is 482. The molecule has 1 aliphatic rings. The molecule has 2 rings (SSSR count). The molecule has 1 N–H and O–H groups in total. The van der Waals surface area contributed by atoms with E-state index in [1.54, 1.807) is 0 Å². The first-order chi connectivity index (χ1) is 10.5. The Morgan fingerprint density at radius 1 is 1.32 bits per heavy atom. The van der Waals surface area contributed by atoms with Gasteiger partial charge in [0.2, 0.25) is 0 Å². The van der Waals surface area contributed by atoms with Gasteiger partial charge in [0.1, 0.15) is 0 Å². The predicted octanol–water partition coefficient (Wildman–Crippen LogP) is 3.68. The normalized spacial score (nSPS) is 23.2. The molecule has 5 heteroatoms. The Hall–Kier alpha value is -1.20. The maximum atomic E-state index is 12.4. The Morgan fingerprint density at radius 3 is 2.45 bits per heavy atom. The minimum Gasteiger partial charge on any atom is -0.372 e. The van der Waals surface area contributed by atoms with Crippen molar-refractivity contribution in [3.05, 3.63) is 29.8 Å². The fourth-order valence-corrected chi connectivity index (χ4v) is 3.38. The fraction of sp³-hybridized carbons (Fsp3) is 0.588. The van der Waals surface area contributed by atoms with E-state index in [1.807, 2.05) is 37.4 Å². The van der Waals surface area contributed by atoms with Crippen molar-refractivity contribution < 1.29 is 9.53 Å². The average molecular weight is 322 g/mol. The molecule has 1 aromatic carbocycles. The second-order valence-electron chi connectivity index (χ2n) is 5.84. The molecule has 0 radical (unpaired) electrons. The predicted molar refractivity (Wildman–Crippen MR) is 91.4 cm³/mol. The highest BCUT2D eigenvalue weighted by molar-refractivity contribution is 7.99. The topological polar surface area (TPSA) is 41.6 Å². The zero-order valence-corrected chi connectivity index (χ0v) is 14.7. The van der Waals surface area contributed by atoms with Crippen LogP contribution in [-0.2, 0) is 4.74 Å². The van der Waals surface area contributed by atoms with Gasteiger partial charge in [-0.15, -0.1) is 11.8 Å². The van der Waals surface area contributed by atoms with Gasteiger partial charge in [0.05, 0.1) is 18.2 Å². The second-order valence-corrected chi connectivity index (χ2v) is 7.17. The van der Waals surface area contributed by atoms with Gasteiger partial charge in [0.25, 0.3) is 0 Å². The zero-order valence-electron chi connectivity index (χ0n) is 13.8. The summed E-state index contributed by atoms with van der Waals surface area (Å²) in [5.41, 5.74) is 1.13. The fourth-order valence-electron chi connectivity index (χ4n) is 2.72. The first-order valence-corrected chi connectivity index (χ1v) is 8.91. The van der Waals surface area contributed by atoms with Crippen molar-refractivity contribution in [2.75, 3.05) is 18.8 Å². The summed E-state index contributed by atoms with van der Waals surface area (Å²) in [7, 11) is 0. The molecule has 1 heterocycles. The number of rotatable bonds is 4. The van der Waals surface area contributed by atoms with Crippen LogP contribution in [0.3, 0.4) is 0 Å². The molecule has 1 aromatic rings. The van der Waals surface area contributed by atoms with E-state index in [4.69, 9.17) is 4.74 Å². The number of ether oxygens (including phenoxy) is 1. The quantitative estimate of drug-likeness (QED) is 0.860. The van der Waals surface area contributed by atoms with Crippen molar-refractivity contribution in [1.29, 1.82) is 0 Å². The molecule has 122 valence electrons. The SMILES string of the molecule is CCSc1ccc(C(C)NC(=O)N2CC(C)OC(C)C2)cc1. The van der Waals surface area contributed by atoms with E-state index in [0.29, 0.717) is 13.1 Å². The number of hydrogen-bond donors (Lipinski definition) is 1. The summed E-state index contributed by atoms with van der Waals surface area (Å²) in [5.74, 6) is 1.07. The van der Waals surface area contributed by atoms with Crippen LogP contribution in [0.15, 0.2) is 29.2 Å². The third-order valence-corrected chi connectivity index (χ3v) is 4.63. The van der Waals surface area contributed by atoms with Gasteiger partial charge in [-0.05, 0) is 44.2 Å². The first-order valence-electron chi connectivity index (χ1n) is 7.93. The number of carbonyl (C=O) groups excluding carboxylic acids is 1. The van der Waals surface area contributed by atoms with Gasteiger partial charge in [-0.25, -0.2) is 4.79 Å². The second kappa shape index (κ2) is 7.88. The van der Waals surface area contributed by atoms with E-state index in [0.717, 1.165) is 11.3 Å². The van der Waals surface area contributed by atoms with E-state index in [9.17, 15) is 4.79 Å². The van der Waals surface area contributed by atoms with Crippen LogP contribution in [-0.4, -0.2) is 42.0 Å². The van der Waals surface area contributed by atoms with E-state index < -0.39 is 0 Å². The molecule has 3 atom stereocenters. The third-order valence-electron chi connectivity index (χ3n) is 3.74. The highest BCUT2D eigenvalue weighted by Crippen LogP contribution is 2.21. The van der Waals surface area contributed by atoms with Crippen LogP contribution in [0, 0.1) is 0 Å². The number of carbonyl (C=O) groups is 1. The highest BCUT2D eigenvalue weighted by Gasteiger charge is 2.26. The lowest BCUT2D eigenvalue weighted by molar-refractivity contribution is -0.0547. The number of hydrogen-bond acceptors (Lipinski definition) is 3. The molecule has 0 aromatic heterocycles. The Labute approximate surface area is 137 Å². The standard InChI is InChI=1S/C17H26N2O2S/c1-5-22-16-8-6-15(7-9-16)14(4)18-17(20)19-10-12(2)21-13(3)11-19/h6-9,12-14H,5,10-11H2,1-4H3,(H,18,20). The van der Waals surface area contributed by atoms with Crippen LogP contribution >= 0.6 is 11.8 Å². The molecular weight excluding hydrogens is 296 g/mol. The maximum absolute atomic E-state index is 12.4. The minimum atomic E-state index is -0.0125. The van der Waals surface area contributed by atoms with Crippen molar-refractivity contribution in [1.82, 2.24) is 10.2 Å². The number of nitrogens with zero attached hydrogens (tertiary/aromatic N) is 1. The summed E-state index contributed by atoms with van der Waals surface area (Å²) in [6.45, 7) is 9.47. The molecule has 1 saturated heterocycles. The Morgan fingerprint density at radius 2 is 1.91 bits per heavy atom. The molecule has 0 bridgehead atoms. The molecular formula is C17H26N2O2S. The van der Waals surface area contributed by atoms with Gasteiger partial charge >= 0.3 is 6.03 Å². The first kappa shape index (κ1) is 17.2. The number of morpholine rings is 1. The van der Waals surface area contributed by atoms with Crippen LogP contribution in [0.25, 0.3) is 0 Å². The molecule has 1 aliphatic heterocycles. The van der Waals surface area contributed by atoms with E-state index in [-0.39, 0.29) is 24.3 Å². The van der Waals surface area contributed by atoms with Crippen molar-refractivity contribution in [2.45, 2.75) is 50.8 Å². The van der Waals surface area contributed by atoms with Crippen molar-refractivity contribution in [3.8, 4) is 0 Å². The molecule has 0 aliphatic carbocycles. The summed E-state index contributed by atoms with van der Waals surface area (Å²) in [5, 5.41) is 3.08.